The van der Waals surface area contributed by atoms with Gasteiger partial charge in [0, 0.05) is 28.9 Å². The molecule has 0 aromatic heterocycles. The number of hydrogen-bond donors (Lipinski definition) is 2. The number of carbonyl (C=O) groups is 3. The van der Waals surface area contributed by atoms with Crippen LogP contribution < -0.4 is 15.4 Å². The minimum atomic E-state index is -0.585. The number of rotatable bonds is 7. The van der Waals surface area contributed by atoms with E-state index in [1.165, 1.54) is 14.0 Å². The Bertz CT molecular complexity index is 854. The van der Waals surface area contributed by atoms with Crippen molar-refractivity contribution < 1.29 is 23.9 Å². The van der Waals surface area contributed by atoms with Crippen LogP contribution in [0.4, 0.5) is 11.4 Å². The van der Waals surface area contributed by atoms with E-state index in [-0.39, 0.29) is 12.3 Å². The molecule has 0 aliphatic rings. The first-order chi connectivity index (χ1) is 12.9. The van der Waals surface area contributed by atoms with Crippen LogP contribution in [-0.2, 0) is 25.5 Å². The van der Waals surface area contributed by atoms with E-state index in [9.17, 15) is 14.4 Å². The van der Waals surface area contributed by atoms with E-state index in [0.717, 1.165) is 0 Å². The van der Waals surface area contributed by atoms with E-state index < -0.39 is 18.5 Å². The van der Waals surface area contributed by atoms with Gasteiger partial charge in [0.05, 0.1) is 13.5 Å². The van der Waals surface area contributed by atoms with E-state index in [2.05, 4.69) is 10.6 Å². The fourth-order valence-electron chi connectivity index (χ4n) is 2.31. The van der Waals surface area contributed by atoms with Crippen molar-refractivity contribution in [2.75, 3.05) is 24.4 Å². The van der Waals surface area contributed by atoms with E-state index in [1.807, 2.05) is 0 Å². The Labute approximate surface area is 161 Å². The third kappa shape index (κ3) is 6.63. The lowest BCUT2D eigenvalue weighted by atomic mass is 10.1. The summed E-state index contributed by atoms with van der Waals surface area (Å²) in [5.74, 6) is -0.793. The molecule has 0 radical (unpaired) electrons. The highest BCUT2D eigenvalue weighted by atomic mass is 35.5. The van der Waals surface area contributed by atoms with Gasteiger partial charge in [-0.1, -0.05) is 17.7 Å². The molecular weight excluding hydrogens is 372 g/mol. The zero-order valence-electron chi connectivity index (χ0n) is 14.9. The molecule has 0 atom stereocenters. The molecule has 27 heavy (non-hydrogen) atoms. The largest absolute Gasteiger partial charge is 0.496 e. The maximum atomic E-state index is 12.0. The molecule has 2 rings (SSSR count). The van der Waals surface area contributed by atoms with E-state index >= 15 is 0 Å². The van der Waals surface area contributed by atoms with Crippen LogP contribution in [0.1, 0.15) is 12.5 Å². The summed E-state index contributed by atoms with van der Waals surface area (Å²) in [6, 6.07) is 11.5. The lowest BCUT2D eigenvalue weighted by Gasteiger charge is -2.10. The molecule has 0 bridgehead atoms. The second-order valence-corrected chi connectivity index (χ2v) is 6.04. The molecule has 0 heterocycles. The van der Waals surface area contributed by atoms with Crippen molar-refractivity contribution in [1.29, 1.82) is 0 Å². The van der Waals surface area contributed by atoms with E-state index in [1.54, 1.807) is 42.5 Å². The highest BCUT2D eigenvalue weighted by molar-refractivity contribution is 6.30. The first-order valence-electron chi connectivity index (χ1n) is 8.03. The van der Waals surface area contributed by atoms with E-state index in [0.29, 0.717) is 27.7 Å². The Morgan fingerprint density at radius 1 is 1.04 bits per heavy atom. The summed E-state index contributed by atoms with van der Waals surface area (Å²) in [5, 5.41) is 5.67. The Hall–Kier alpha value is -3.06. The lowest BCUT2D eigenvalue weighted by Crippen LogP contribution is -2.21. The Morgan fingerprint density at radius 3 is 2.41 bits per heavy atom. The molecule has 0 aliphatic heterocycles. The summed E-state index contributed by atoms with van der Waals surface area (Å²) in [6.45, 7) is 0.950. The normalized spacial score (nSPS) is 10.0. The van der Waals surface area contributed by atoms with Crippen molar-refractivity contribution in [3.8, 4) is 5.75 Å². The summed E-state index contributed by atoms with van der Waals surface area (Å²) in [6.07, 6.45) is -0.0744. The summed E-state index contributed by atoms with van der Waals surface area (Å²) in [7, 11) is 1.49. The average molecular weight is 391 g/mol. The van der Waals surface area contributed by atoms with Crippen molar-refractivity contribution in [2.45, 2.75) is 13.3 Å². The number of methoxy groups -OCH3 is 1. The molecule has 8 heteroatoms. The average Bonchev–Trinajstić information content (AvgIpc) is 2.60. The van der Waals surface area contributed by atoms with Crippen LogP contribution in [-0.4, -0.2) is 31.5 Å². The summed E-state index contributed by atoms with van der Waals surface area (Å²) >= 11 is 5.92. The minimum Gasteiger partial charge on any atom is -0.496 e. The predicted molar refractivity (Wildman–Crippen MR) is 102 cm³/mol. The number of amides is 2. The van der Waals surface area contributed by atoms with Gasteiger partial charge in [0.15, 0.2) is 6.61 Å². The molecule has 0 saturated carbocycles. The van der Waals surface area contributed by atoms with Gasteiger partial charge >= 0.3 is 5.97 Å². The van der Waals surface area contributed by atoms with Crippen LogP contribution in [0.2, 0.25) is 5.02 Å². The molecule has 2 aromatic carbocycles. The molecule has 0 unspecified atom stereocenters. The maximum absolute atomic E-state index is 12.0. The topological polar surface area (TPSA) is 93.7 Å². The molecule has 0 fully saturated rings. The molecule has 2 N–H and O–H groups in total. The quantitative estimate of drug-likeness (QED) is 0.709. The molecule has 142 valence electrons. The third-order valence-corrected chi connectivity index (χ3v) is 3.64. The van der Waals surface area contributed by atoms with Crippen molar-refractivity contribution in [3.63, 3.8) is 0 Å². The Balaban J connectivity index is 1.87. The number of benzene rings is 2. The van der Waals surface area contributed by atoms with Crippen molar-refractivity contribution in [3.05, 3.63) is 53.1 Å². The number of carbonyl (C=O) groups excluding carboxylic acids is 3. The van der Waals surface area contributed by atoms with Gasteiger partial charge in [-0.15, -0.1) is 0 Å². The molecule has 2 amide bonds. The SMILES string of the molecule is COc1ccc(Cl)cc1CC(=O)OCC(=O)Nc1cccc(NC(C)=O)c1. The first kappa shape index (κ1) is 20.3. The van der Waals surface area contributed by atoms with Crippen LogP contribution in [0.5, 0.6) is 5.75 Å². The lowest BCUT2D eigenvalue weighted by molar-refractivity contribution is -0.146. The van der Waals surface area contributed by atoms with Crippen LogP contribution in [0.3, 0.4) is 0 Å². The first-order valence-corrected chi connectivity index (χ1v) is 8.40. The summed E-state index contributed by atoms with van der Waals surface area (Å²) in [5.41, 5.74) is 1.59. The standard InChI is InChI=1S/C19H19ClN2O5/c1-12(23)21-15-4-3-5-16(10-15)22-18(24)11-27-19(25)9-13-8-14(20)6-7-17(13)26-2/h3-8,10H,9,11H2,1-2H3,(H,21,23)(H,22,24). The van der Waals surface area contributed by atoms with Crippen LogP contribution in [0.25, 0.3) is 0 Å². The Kier molecular flexibility index (Phi) is 7.19. The van der Waals surface area contributed by atoms with Crippen molar-refractivity contribution in [2.24, 2.45) is 0 Å². The second-order valence-electron chi connectivity index (χ2n) is 5.60. The van der Waals surface area contributed by atoms with Crippen molar-refractivity contribution in [1.82, 2.24) is 0 Å². The van der Waals surface area contributed by atoms with Crippen LogP contribution in [0.15, 0.2) is 42.5 Å². The summed E-state index contributed by atoms with van der Waals surface area (Å²) in [4.78, 5) is 35.0. The highest BCUT2D eigenvalue weighted by Crippen LogP contribution is 2.23. The zero-order chi connectivity index (χ0) is 19.8. The fraction of sp³-hybridized carbons (Fsp3) is 0.211. The fourth-order valence-corrected chi connectivity index (χ4v) is 2.51. The van der Waals surface area contributed by atoms with Gasteiger partial charge in [-0.25, -0.2) is 0 Å². The number of halogens is 1. The summed E-state index contributed by atoms with van der Waals surface area (Å²) < 4.78 is 10.2. The monoisotopic (exact) mass is 390 g/mol. The number of hydrogen-bond acceptors (Lipinski definition) is 5. The highest BCUT2D eigenvalue weighted by Gasteiger charge is 2.13. The van der Waals surface area contributed by atoms with E-state index in [4.69, 9.17) is 21.1 Å². The van der Waals surface area contributed by atoms with Gasteiger partial charge in [-0.3, -0.25) is 14.4 Å². The minimum absolute atomic E-state index is 0.0744. The molecule has 0 spiro atoms. The van der Waals surface area contributed by atoms with Gasteiger partial charge in [0.1, 0.15) is 5.75 Å². The van der Waals surface area contributed by atoms with Gasteiger partial charge in [-0.2, -0.15) is 0 Å². The van der Waals surface area contributed by atoms with Gasteiger partial charge in [-0.05, 0) is 36.4 Å². The number of anilines is 2. The molecular formula is C19H19ClN2O5. The van der Waals surface area contributed by atoms with Gasteiger partial charge in [0.2, 0.25) is 5.91 Å². The van der Waals surface area contributed by atoms with Crippen molar-refractivity contribution >= 4 is 40.8 Å². The van der Waals surface area contributed by atoms with Crippen LogP contribution in [0, 0.1) is 0 Å². The smallest absolute Gasteiger partial charge is 0.310 e. The molecule has 0 aliphatic carbocycles. The molecule has 0 saturated heterocycles. The maximum Gasteiger partial charge on any atom is 0.310 e. The van der Waals surface area contributed by atoms with Gasteiger partial charge < -0.3 is 20.1 Å². The second kappa shape index (κ2) is 9.59. The number of esters is 1. The molecule has 2 aromatic rings. The number of ether oxygens (including phenoxy) is 2. The van der Waals surface area contributed by atoms with Crippen LogP contribution >= 0.6 is 11.6 Å². The third-order valence-electron chi connectivity index (χ3n) is 3.41. The number of nitrogens with one attached hydrogen (secondary N) is 2. The van der Waals surface area contributed by atoms with Gasteiger partial charge in [0.25, 0.3) is 5.91 Å². The zero-order valence-corrected chi connectivity index (χ0v) is 15.6. The predicted octanol–water partition coefficient (Wildman–Crippen LogP) is 3.03. The molecule has 7 nitrogen and oxygen atoms in total. The Morgan fingerprint density at radius 2 is 1.74 bits per heavy atom.